The van der Waals surface area contributed by atoms with Crippen molar-refractivity contribution in [3.05, 3.63) is 35.9 Å². The number of nitrogens with zero attached hydrogens (tertiary/aromatic N) is 2. The van der Waals surface area contributed by atoms with Crippen LogP contribution in [0.4, 0.5) is 0 Å². The molecule has 1 aromatic carbocycles. The van der Waals surface area contributed by atoms with Crippen molar-refractivity contribution >= 4 is 5.91 Å². The van der Waals surface area contributed by atoms with Gasteiger partial charge in [-0.2, -0.15) is 0 Å². The summed E-state index contributed by atoms with van der Waals surface area (Å²) in [6.45, 7) is 9.04. The normalized spacial score (nSPS) is 25.7. The van der Waals surface area contributed by atoms with E-state index in [0.717, 1.165) is 45.6 Å². The Kier molecular flexibility index (Phi) is 6.13. The summed E-state index contributed by atoms with van der Waals surface area (Å²) < 4.78 is 0. The number of benzene rings is 1. The quantitative estimate of drug-likeness (QED) is 0.893. The summed E-state index contributed by atoms with van der Waals surface area (Å²) in [6, 6.07) is 10.6. The molecule has 25 heavy (non-hydrogen) atoms. The average molecular weight is 344 g/mol. The van der Waals surface area contributed by atoms with E-state index in [1.54, 1.807) is 0 Å². The predicted octanol–water partition coefficient (Wildman–Crippen LogP) is 2.62. The van der Waals surface area contributed by atoms with Crippen LogP contribution in [0.15, 0.2) is 30.3 Å². The van der Waals surface area contributed by atoms with Crippen LogP contribution < -0.4 is 0 Å². The van der Waals surface area contributed by atoms with Crippen LogP contribution in [0.25, 0.3) is 0 Å². The number of rotatable bonds is 5. The van der Waals surface area contributed by atoms with E-state index >= 15 is 0 Å². The van der Waals surface area contributed by atoms with Gasteiger partial charge in [-0.05, 0) is 36.2 Å². The molecule has 0 unspecified atom stereocenters. The molecule has 0 spiro atoms. The molecule has 2 fully saturated rings. The number of piperidine rings is 1. The highest BCUT2D eigenvalue weighted by molar-refractivity contribution is 5.78. The van der Waals surface area contributed by atoms with Crippen molar-refractivity contribution in [1.82, 2.24) is 9.80 Å². The smallest absolute Gasteiger partial charge is 0.225 e. The molecule has 2 aliphatic rings. The van der Waals surface area contributed by atoms with Crippen molar-refractivity contribution in [2.45, 2.75) is 33.2 Å². The second-order valence-electron chi connectivity index (χ2n) is 8.10. The minimum Gasteiger partial charge on any atom is -0.396 e. The topological polar surface area (TPSA) is 43.8 Å². The minimum atomic E-state index is 0.0922. The number of aliphatic hydroxyl groups is 1. The maximum atomic E-state index is 12.2. The third-order valence-corrected chi connectivity index (χ3v) is 6.00. The molecular weight excluding hydrogens is 312 g/mol. The first kappa shape index (κ1) is 18.4. The fraction of sp³-hybridized carbons (Fsp3) is 0.667. The van der Waals surface area contributed by atoms with Gasteiger partial charge >= 0.3 is 0 Å². The van der Waals surface area contributed by atoms with Crippen molar-refractivity contribution in [2.24, 2.45) is 23.7 Å². The van der Waals surface area contributed by atoms with Crippen molar-refractivity contribution in [3.63, 3.8) is 0 Å². The summed E-state index contributed by atoms with van der Waals surface area (Å²) in [4.78, 5) is 16.7. The van der Waals surface area contributed by atoms with Gasteiger partial charge in [0.05, 0.1) is 0 Å². The summed E-state index contributed by atoms with van der Waals surface area (Å²) in [5.74, 6) is 1.95. The van der Waals surface area contributed by atoms with Gasteiger partial charge in [-0.25, -0.2) is 0 Å². The number of likely N-dealkylation sites (tertiary alicyclic amines) is 2. The molecule has 0 aromatic heterocycles. The molecule has 2 aliphatic heterocycles. The Morgan fingerprint density at radius 3 is 2.44 bits per heavy atom. The Labute approximate surface area is 151 Å². The highest BCUT2D eigenvalue weighted by Gasteiger charge is 2.39. The third-order valence-electron chi connectivity index (χ3n) is 6.00. The molecule has 0 radical (unpaired) electrons. The van der Waals surface area contributed by atoms with Gasteiger partial charge in [0.25, 0.3) is 0 Å². The van der Waals surface area contributed by atoms with Gasteiger partial charge in [-0.15, -0.1) is 0 Å². The SMILES string of the molecule is CC(C)C(=O)N1CCC([C@@H]2CN(Cc3ccccc3)C[C@H]2CO)CC1. The van der Waals surface area contributed by atoms with E-state index in [0.29, 0.717) is 17.8 Å². The van der Waals surface area contributed by atoms with Crippen molar-refractivity contribution in [3.8, 4) is 0 Å². The molecule has 2 saturated heterocycles. The minimum absolute atomic E-state index is 0.0922. The lowest BCUT2D eigenvalue weighted by atomic mass is 9.78. The molecule has 0 saturated carbocycles. The maximum Gasteiger partial charge on any atom is 0.225 e. The van der Waals surface area contributed by atoms with E-state index in [2.05, 4.69) is 35.2 Å². The second-order valence-corrected chi connectivity index (χ2v) is 8.10. The van der Waals surface area contributed by atoms with Crippen molar-refractivity contribution in [1.29, 1.82) is 0 Å². The lowest BCUT2D eigenvalue weighted by molar-refractivity contribution is -0.136. The van der Waals surface area contributed by atoms with Crippen LogP contribution in [0.5, 0.6) is 0 Å². The molecule has 0 aliphatic carbocycles. The van der Waals surface area contributed by atoms with Gasteiger partial charge in [-0.3, -0.25) is 9.69 Å². The first-order valence-electron chi connectivity index (χ1n) is 9.74. The van der Waals surface area contributed by atoms with Gasteiger partial charge in [0.2, 0.25) is 5.91 Å². The van der Waals surface area contributed by atoms with E-state index < -0.39 is 0 Å². The Bertz CT molecular complexity index is 552. The summed E-state index contributed by atoms with van der Waals surface area (Å²) in [7, 11) is 0. The highest BCUT2D eigenvalue weighted by atomic mass is 16.3. The van der Waals surface area contributed by atoms with Gasteiger partial charge in [-0.1, -0.05) is 44.2 Å². The largest absolute Gasteiger partial charge is 0.396 e. The zero-order chi connectivity index (χ0) is 17.8. The van der Waals surface area contributed by atoms with E-state index in [1.165, 1.54) is 5.56 Å². The summed E-state index contributed by atoms with van der Waals surface area (Å²) in [5, 5.41) is 9.87. The summed E-state index contributed by atoms with van der Waals surface area (Å²) in [5.41, 5.74) is 1.34. The zero-order valence-corrected chi connectivity index (χ0v) is 15.6. The molecule has 138 valence electrons. The molecule has 1 amide bonds. The Balaban J connectivity index is 1.56. The fourth-order valence-corrected chi connectivity index (χ4v) is 4.60. The Hall–Kier alpha value is -1.39. The number of amides is 1. The first-order valence-corrected chi connectivity index (χ1v) is 9.74. The second kappa shape index (κ2) is 8.33. The molecule has 4 nitrogen and oxygen atoms in total. The molecule has 2 atom stereocenters. The first-order chi connectivity index (χ1) is 12.1. The van der Waals surface area contributed by atoms with Gasteiger partial charge in [0, 0.05) is 45.2 Å². The third kappa shape index (κ3) is 4.42. The number of hydrogen-bond acceptors (Lipinski definition) is 3. The zero-order valence-electron chi connectivity index (χ0n) is 15.6. The van der Waals surface area contributed by atoms with Crippen LogP contribution in [0.3, 0.4) is 0 Å². The lowest BCUT2D eigenvalue weighted by Crippen LogP contribution is -2.43. The molecular formula is C21H32N2O2. The van der Waals surface area contributed by atoms with Gasteiger partial charge < -0.3 is 10.0 Å². The van der Waals surface area contributed by atoms with Gasteiger partial charge in [0.1, 0.15) is 0 Å². The summed E-state index contributed by atoms with van der Waals surface area (Å²) >= 11 is 0. The molecule has 3 rings (SSSR count). The Morgan fingerprint density at radius 2 is 1.84 bits per heavy atom. The fourth-order valence-electron chi connectivity index (χ4n) is 4.60. The molecule has 2 heterocycles. The van der Waals surface area contributed by atoms with Crippen molar-refractivity contribution in [2.75, 3.05) is 32.8 Å². The van der Waals surface area contributed by atoms with Crippen LogP contribution in [0.1, 0.15) is 32.3 Å². The number of carbonyl (C=O) groups is 1. The van der Waals surface area contributed by atoms with Crippen LogP contribution >= 0.6 is 0 Å². The molecule has 1 N–H and O–H groups in total. The lowest BCUT2D eigenvalue weighted by Gasteiger charge is -2.37. The van der Waals surface area contributed by atoms with E-state index in [9.17, 15) is 9.90 Å². The number of carbonyl (C=O) groups excluding carboxylic acids is 1. The number of aliphatic hydroxyl groups excluding tert-OH is 1. The molecule has 4 heteroatoms. The van der Waals surface area contributed by atoms with E-state index in [-0.39, 0.29) is 18.4 Å². The molecule has 1 aromatic rings. The van der Waals surface area contributed by atoms with E-state index in [4.69, 9.17) is 0 Å². The van der Waals surface area contributed by atoms with Crippen LogP contribution in [-0.2, 0) is 11.3 Å². The van der Waals surface area contributed by atoms with Crippen molar-refractivity contribution < 1.29 is 9.90 Å². The average Bonchev–Trinajstić information content (AvgIpc) is 3.05. The highest BCUT2D eigenvalue weighted by Crippen LogP contribution is 2.36. The monoisotopic (exact) mass is 344 g/mol. The number of hydrogen-bond donors (Lipinski definition) is 1. The maximum absolute atomic E-state index is 12.2. The Morgan fingerprint density at radius 1 is 1.16 bits per heavy atom. The van der Waals surface area contributed by atoms with Crippen LogP contribution in [0.2, 0.25) is 0 Å². The van der Waals surface area contributed by atoms with Gasteiger partial charge in [0.15, 0.2) is 0 Å². The van der Waals surface area contributed by atoms with Crippen LogP contribution in [-0.4, -0.2) is 53.6 Å². The van der Waals surface area contributed by atoms with Crippen LogP contribution in [0, 0.1) is 23.7 Å². The standard InChI is InChI=1S/C21H32N2O2/c1-16(2)21(25)23-10-8-18(9-11-23)20-14-22(13-19(20)15-24)12-17-6-4-3-5-7-17/h3-7,16,18-20,24H,8-15H2,1-2H3/t19-,20-/m0/s1. The van der Waals surface area contributed by atoms with E-state index in [1.807, 2.05) is 18.7 Å². The predicted molar refractivity (Wildman–Crippen MR) is 99.9 cm³/mol. The summed E-state index contributed by atoms with van der Waals surface area (Å²) in [6.07, 6.45) is 2.16. The molecule has 0 bridgehead atoms.